The summed E-state index contributed by atoms with van der Waals surface area (Å²) in [6, 6.07) is 14.6. The lowest BCUT2D eigenvalue weighted by atomic mass is 9.98. The van der Waals surface area contributed by atoms with Crippen molar-refractivity contribution >= 4 is 0 Å². The van der Waals surface area contributed by atoms with Crippen molar-refractivity contribution in [1.29, 1.82) is 0 Å². The van der Waals surface area contributed by atoms with E-state index in [1.54, 1.807) is 0 Å². The molecule has 2 aromatic carbocycles. The average molecular weight is 255 g/mol. The van der Waals surface area contributed by atoms with Gasteiger partial charge in [-0.3, -0.25) is 0 Å². The molecule has 0 fully saturated rings. The Morgan fingerprint density at radius 1 is 1.05 bits per heavy atom. The first-order chi connectivity index (χ1) is 9.24. The molecule has 0 saturated heterocycles. The molecular formula is C17H21NO. The minimum atomic E-state index is 0.588. The molecule has 0 aliphatic carbocycles. The number of nitrogens with two attached hydrogens (primary N) is 1. The molecule has 0 aliphatic heterocycles. The van der Waals surface area contributed by atoms with E-state index in [2.05, 4.69) is 44.2 Å². The number of rotatable bonds is 5. The monoisotopic (exact) mass is 255 g/mol. The van der Waals surface area contributed by atoms with Gasteiger partial charge in [0.05, 0.1) is 6.61 Å². The third-order valence-electron chi connectivity index (χ3n) is 3.16. The molecule has 19 heavy (non-hydrogen) atoms. The molecule has 0 unspecified atom stereocenters. The van der Waals surface area contributed by atoms with E-state index in [1.165, 1.54) is 22.3 Å². The van der Waals surface area contributed by atoms with Gasteiger partial charge in [-0.05, 0) is 47.7 Å². The van der Waals surface area contributed by atoms with Crippen molar-refractivity contribution < 1.29 is 4.74 Å². The molecule has 2 N–H and O–H groups in total. The van der Waals surface area contributed by atoms with Crippen molar-refractivity contribution in [3.8, 4) is 16.9 Å². The summed E-state index contributed by atoms with van der Waals surface area (Å²) < 4.78 is 5.60. The smallest absolute Gasteiger partial charge is 0.119 e. The van der Waals surface area contributed by atoms with Crippen LogP contribution in [0, 0.1) is 6.92 Å². The second kappa shape index (κ2) is 6.39. The Bertz CT molecular complexity index is 531. The third-order valence-corrected chi connectivity index (χ3v) is 3.16. The van der Waals surface area contributed by atoms with Gasteiger partial charge in [0.15, 0.2) is 0 Å². The third kappa shape index (κ3) is 3.36. The molecule has 0 heterocycles. The average Bonchev–Trinajstić information content (AvgIpc) is 2.45. The zero-order valence-electron chi connectivity index (χ0n) is 11.6. The zero-order chi connectivity index (χ0) is 13.7. The number of hydrogen-bond acceptors (Lipinski definition) is 2. The van der Waals surface area contributed by atoms with Crippen LogP contribution in [0.1, 0.15) is 24.5 Å². The summed E-state index contributed by atoms with van der Waals surface area (Å²) in [5, 5.41) is 0. The fraction of sp³-hybridized carbons (Fsp3) is 0.294. The van der Waals surface area contributed by atoms with Gasteiger partial charge in [-0.25, -0.2) is 0 Å². The molecule has 0 bridgehead atoms. The van der Waals surface area contributed by atoms with E-state index in [4.69, 9.17) is 10.5 Å². The summed E-state index contributed by atoms with van der Waals surface area (Å²) >= 11 is 0. The summed E-state index contributed by atoms with van der Waals surface area (Å²) in [7, 11) is 0. The van der Waals surface area contributed by atoms with Gasteiger partial charge in [-0.15, -0.1) is 0 Å². The molecule has 2 rings (SSSR count). The van der Waals surface area contributed by atoms with Crippen molar-refractivity contribution in [3.05, 3.63) is 53.6 Å². The standard InChI is InChI=1S/C17H21NO/c1-3-10-19-16-7-5-15(6-8-16)17-9-4-14(12-18)11-13(17)2/h4-9,11H,3,10,12,18H2,1-2H3. The number of ether oxygens (including phenoxy) is 1. The summed E-state index contributed by atoms with van der Waals surface area (Å²) in [6.45, 7) is 5.58. The molecule has 0 spiro atoms. The van der Waals surface area contributed by atoms with E-state index >= 15 is 0 Å². The van der Waals surface area contributed by atoms with E-state index < -0.39 is 0 Å². The predicted molar refractivity (Wildman–Crippen MR) is 80.3 cm³/mol. The Balaban J connectivity index is 2.22. The molecule has 2 aromatic rings. The van der Waals surface area contributed by atoms with Crippen LogP contribution in [0.2, 0.25) is 0 Å². The van der Waals surface area contributed by atoms with Crippen molar-refractivity contribution in [2.24, 2.45) is 5.73 Å². The van der Waals surface area contributed by atoms with Gasteiger partial charge in [0.2, 0.25) is 0 Å². The van der Waals surface area contributed by atoms with Crippen LogP contribution in [-0.2, 0) is 6.54 Å². The van der Waals surface area contributed by atoms with Gasteiger partial charge in [-0.1, -0.05) is 37.3 Å². The fourth-order valence-electron chi connectivity index (χ4n) is 2.13. The molecule has 0 aliphatic rings. The summed E-state index contributed by atoms with van der Waals surface area (Å²) in [4.78, 5) is 0. The van der Waals surface area contributed by atoms with Crippen LogP contribution in [0.4, 0.5) is 0 Å². The van der Waals surface area contributed by atoms with Crippen LogP contribution in [0.15, 0.2) is 42.5 Å². The Morgan fingerprint density at radius 2 is 1.79 bits per heavy atom. The lowest BCUT2D eigenvalue weighted by molar-refractivity contribution is 0.317. The first kappa shape index (κ1) is 13.6. The minimum Gasteiger partial charge on any atom is -0.494 e. The zero-order valence-corrected chi connectivity index (χ0v) is 11.6. The van der Waals surface area contributed by atoms with Gasteiger partial charge >= 0.3 is 0 Å². The maximum absolute atomic E-state index is 5.66. The quantitative estimate of drug-likeness (QED) is 0.879. The molecule has 0 atom stereocenters. The van der Waals surface area contributed by atoms with E-state index in [1.807, 2.05) is 12.1 Å². The normalized spacial score (nSPS) is 10.5. The molecule has 0 amide bonds. The molecule has 2 nitrogen and oxygen atoms in total. The van der Waals surface area contributed by atoms with Crippen LogP contribution < -0.4 is 10.5 Å². The molecular weight excluding hydrogens is 234 g/mol. The maximum atomic E-state index is 5.66. The Kier molecular flexibility index (Phi) is 4.58. The highest BCUT2D eigenvalue weighted by atomic mass is 16.5. The SMILES string of the molecule is CCCOc1ccc(-c2ccc(CN)cc2C)cc1. The van der Waals surface area contributed by atoms with Gasteiger partial charge in [0.1, 0.15) is 5.75 Å². The number of benzene rings is 2. The van der Waals surface area contributed by atoms with Gasteiger partial charge < -0.3 is 10.5 Å². The summed E-state index contributed by atoms with van der Waals surface area (Å²) in [6.07, 6.45) is 1.03. The van der Waals surface area contributed by atoms with Gasteiger partial charge in [0, 0.05) is 6.54 Å². The van der Waals surface area contributed by atoms with E-state index in [0.717, 1.165) is 18.8 Å². The fourth-order valence-corrected chi connectivity index (χ4v) is 2.13. The first-order valence-electron chi connectivity index (χ1n) is 6.77. The van der Waals surface area contributed by atoms with Gasteiger partial charge in [0.25, 0.3) is 0 Å². The van der Waals surface area contributed by atoms with E-state index in [9.17, 15) is 0 Å². The maximum Gasteiger partial charge on any atom is 0.119 e. The topological polar surface area (TPSA) is 35.2 Å². The van der Waals surface area contributed by atoms with Crippen molar-refractivity contribution in [3.63, 3.8) is 0 Å². The predicted octanol–water partition coefficient (Wildman–Crippen LogP) is 3.91. The van der Waals surface area contributed by atoms with Crippen molar-refractivity contribution in [1.82, 2.24) is 0 Å². The Labute approximate surface area is 115 Å². The van der Waals surface area contributed by atoms with Crippen LogP contribution in [0.25, 0.3) is 11.1 Å². The summed E-state index contributed by atoms with van der Waals surface area (Å²) in [5.74, 6) is 0.932. The van der Waals surface area contributed by atoms with Crippen LogP contribution in [0.5, 0.6) is 5.75 Å². The molecule has 0 saturated carbocycles. The van der Waals surface area contributed by atoms with Crippen molar-refractivity contribution in [2.45, 2.75) is 26.8 Å². The lowest BCUT2D eigenvalue weighted by Crippen LogP contribution is -1.97. The second-order valence-corrected chi connectivity index (χ2v) is 4.73. The molecule has 2 heteroatoms. The first-order valence-corrected chi connectivity index (χ1v) is 6.77. The lowest BCUT2D eigenvalue weighted by Gasteiger charge is -2.09. The highest BCUT2D eigenvalue weighted by Crippen LogP contribution is 2.26. The van der Waals surface area contributed by atoms with Crippen LogP contribution in [0.3, 0.4) is 0 Å². The molecule has 0 aromatic heterocycles. The molecule has 100 valence electrons. The van der Waals surface area contributed by atoms with E-state index in [-0.39, 0.29) is 0 Å². The highest BCUT2D eigenvalue weighted by Gasteiger charge is 2.03. The van der Waals surface area contributed by atoms with Crippen LogP contribution >= 0.6 is 0 Å². The summed E-state index contributed by atoms with van der Waals surface area (Å²) in [5.41, 5.74) is 10.5. The number of aryl methyl sites for hydroxylation is 1. The second-order valence-electron chi connectivity index (χ2n) is 4.73. The number of hydrogen-bond donors (Lipinski definition) is 1. The Hall–Kier alpha value is -1.80. The molecule has 0 radical (unpaired) electrons. The van der Waals surface area contributed by atoms with Gasteiger partial charge in [-0.2, -0.15) is 0 Å². The minimum absolute atomic E-state index is 0.588. The highest BCUT2D eigenvalue weighted by molar-refractivity contribution is 5.68. The van der Waals surface area contributed by atoms with Crippen LogP contribution in [-0.4, -0.2) is 6.61 Å². The Morgan fingerprint density at radius 3 is 2.37 bits per heavy atom. The van der Waals surface area contributed by atoms with Crippen molar-refractivity contribution in [2.75, 3.05) is 6.61 Å². The largest absolute Gasteiger partial charge is 0.494 e. The van der Waals surface area contributed by atoms with E-state index in [0.29, 0.717) is 6.54 Å².